The summed E-state index contributed by atoms with van der Waals surface area (Å²) in [7, 11) is 0. The van der Waals surface area contributed by atoms with Crippen molar-refractivity contribution in [3.8, 4) is 5.75 Å². The number of thiophene rings is 1. The summed E-state index contributed by atoms with van der Waals surface area (Å²) >= 11 is 1.79. The fourth-order valence-corrected chi connectivity index (χ4v) is 4.13. The van der Waals surface area contributed by atoms with Crippen LogP contribution in [0.4, 0.5) is 11.5 Å². The van der Waals surface area contributed by atoms with Crippen LogP contribution in [0.15, 0.2) is 30.6 Å². The Labute approximate surface area is 138 Å². The molecule has 2 N–H and O–H groups in total. The van der Waals surface area contributed by atoms with Gasteiger partial charge < -0.3 is 10.4 Å². The molecule has 0 saturated heterocycles. The first-order valence-corrected chi connectivity index (χ1v) is 7.94. The van der Waals surface area contributed by atoms with Gasteiger partial charge in [0.1, 0.15) is 22.7 Å². The lowest BCUT2D eigenvalue weighted by atomic mass is 9.97. The lowest BCUT2D eigenvalue weighted by Gasteiger charge is -2.12. The van der Waals surface area contributed by atoms with Crippen molar-refractivity contribution < 1.29 is 5.11 Å². The molecule has 114 valence electrons. The number of fused-ring (bicyclic) bond motifs is 3. The van der Waals surface area contributed by atoms with Gasteiger partial charge in [-0.2, -0.15) is 0 Å². The summed E-state index contributed by atoms with van der Waals surface area (Å²) < 4.78 is 0. The van der Waals surface area contributed by atoms with Crippen molar-refractivity contribution in [2.24, 2.45) is 0 Å². The summed E-state index contributed by atoms with van der Waals surface area (Å²) in [6.45, 7) is 0. The van der Waals surface area contributed by atoms with E-state index in [1.807, 2.05) is 12.1 Å². The Kier molecular flexibility index (Phi) is 4.18. The maximum Gasteiger partial charge on any atom is 0.142 e. The van der Waals surface area contributed by atoms with Crippen molar-refractivity contribution in [2.45, 2.75) is 25.7 Å². The fraction of sp³-hybridized carbons (Fsp3) is 0.250. The largest absolute Gasteiger partial charge is 0.508 e. The van der Waals surface area contributed by atoms with Crippen LogP contribution >= 0.6 is 23.7 Å². The SMILES string of the molecule is Cl.Oc1cccc(Nc2ncnc3sc4c(c23)CCCC4)c1. The summed E-state index contributed by atoms with van der Waals surface area (Å²) in [4.78, 5) is 11.3. The number of nitrogens with zero attached hydrogens (tertiary/aromatic N) is 2. The molecule has 0 spiro atoms. The minimum atomic E-state index is 0. The van der Waals surface area contributed by atoms with Crippen molar-refractivity contribution in [1.82, 2.24) is 9.97 Å². The number of hydrogen-bond acceptors (Lipinski definition) is 5. The third kappa shape index (κ3) is 2.62. The van der Waals surface area contributed by atoms with E-state index in [2.05, 4.69) is 15.3 Å². The number of aromatic nitrogens is 2. The van der Waals surface area contributed by atoms with Crippen molar-refractivity contribution in [2.75, 3.05) is 5.32 Å². The maximum absolute atomic E-state index is 9.59. The predicted molar refractivity (Wildman–Crippen MR) is 92.7 cm³/mol. The van der Waals surface area contributed by atoms with E-state index in [1.54, 1.807) is 29.8 Å². The number of nitrogens with one attached hydrogen (secondary N) is 1. The van der Waals surface area contributed by atoms with Crippen LogP contribution in [0.3, 0.4) is 0 Å². The highest BCUT2D eigenvalue weighted by molar-refractivity contribution is 7.19. The molecule has 1 aliphatic rings. The number of aromatic hydroxyl groups is 1. The van der Waals surface area contributed by atoms with E-state index in [0.29, 0.717) is 0 Å². The predicted octanol–water partition coefficient (Wildman–Crippen LogP) is 4.44. The number of hydrogen-bond donors (Lipinski definition) is 2. The van der Waals surface area contributed by atoms with E-state index in [-0.39, 0.29) is 18.2 Å². The van der Waals surface area contributed by atoms with Crippen LogP contribution in [-0.4, -0.2) is 15.1 Å². The Morgan fingerprint density at radius 2 is 2.00 bits per heavy atom. The van der Waals surface area contributed by atoms with Crippen LogP contribution in [0.25, 0.3) is 10.2 Å². The van der Waals surface area contributed by atoms with E-state index in [4.69, 9.17) is 0 Å². The summed E-state index contributed by atoms with van der Waals surface area (Å²) in [5, 5.41) is 14.1. The van der Waals surface area contributed by atoms with Gasteiger partial charge in [0.05, 0.1) is 5.39 Å². The number of phenolic OH excluding ortho intramolecular Hbond substituents is 1. The molecule has 6 heteroatoms. The second-order valence-electron chi connectivity index (χ2n) is 5.29. The van der Waals surface area contributed by atoms with Crippen LogP contribution in [-0.2, 0) is 12.8 Å². The smallest absolute Gasteiger partial charge is 0.142 e. The van der Waals surface area contributed by atoms with Crippen molar-refractivity contribution >= 4 is 45.5 Å². The molecule has 2 heterocycles. The van der Waals surface area contributed by atoms with Crippen LogP contribution in [0.2, 0.25) is 0 Å². The lowest BCUT2D eigenvalue weighted by molar-refractivity contribution is 0.475. The molecule has 0 unspecified atom stereocenters. The van der Waals surface area contributed by atoms with Gasteiger partial charge in [-0.25, -0.2) is 9.97 Å². The van der Waals surface area contributed by atoms with Gasteiger partial charge in [-0.3, -0.25) is 0 Å². The van der Waals surface area contributed by atoms with Gasteiger partial charge in [0, 0.05) is 16.6 Å². The van der Waals surface area contributed by atoms with E-state index < -0.39 is 0 Å². The molecule has 3 aromatic rings. The van der Waals surface area contributed by atoms with Gasteiger partial charge in [-0.1, -0.05) is 6.07 Å². The number of rotatable bonds is 2. The number of halogens is 1. The zero-order valence-electron chi connectivity index (χ0n) is 11.9. The maximum atomic E-state index is 9.59. The third-order valence-corrected chi connectivity index (χ3v) is 5.06. The number of anilines is 2. The Morgan fingerprint density at radius 3 is 2.86 bits per heavy atom. The molecular formula is C16H16ClN3OS. The molecule has 1 aromatic carbocycles. The molecule has 0 aliphatic heterocycles. The summed E-state index contributed by atoms with van der Waals surface area (Å²) in [5.74, 6) is 1.09. The molecule has 0 radical (unpaired) electrons. The number of benzene rings is 1. The highest BCUT2D eigenvalue weighted by atomic mass is 35.5. The summed E-state index contributed by atoms with van der Waals surface area (Å²) in [6, 6.07) is 7.10. The second kappa shape index (κ2) is 6.10. The van der Waals surface area contributed by atoms with E-state index in [0.717, 1.165) is 34.6 Å². The van der Waals surface area contributed by atoms with Crippen LogP contribution in [0, 0.1) is 0 Å². The molecule has 22 heavy (non-hydrogen) atoms. The first-order valence-electron chi connectivity index (χ1n) is 7.12. The monoisotopic (exact) mass is 333 g/mol. The first kappa shape index (κ1) is 15.1. The normalized spacial score (nSPS) is 13.5. The number of phenols is 1. The van der Waals surface area contributed by atoms with E-state index in [9.17, 15) is 5.11 Å². The van der Waals surface area contributed by atoms with Gasteiger partial charge in [-0.15, -0.1) is 23.7 Å². The van der Waals surface area contributed by atoms with Crippen molar-refractivity contribution in [1.29, 1.82) is 0 Å². The average Bonchev–Trinajstić information content (AvgIpc) is 2.87. The molecule has 1 aliphatic carbocycles. The van der Waals surface area contributed by atoms with Gasteiger partial charge in [0.25, 0.3) is 0 Å². The number of aryl methyl sites for hydroxylation is 2. The molecule has 0 saturated carbocycles. The Balaban J connectivity index is 0.00000144. The van der Waals surface area contributed by atoms with Gasteiger partial charge in [0.2, 0.25) is 0 Å². The van der Waals surface area contributed by atoms with Gasteiger partial charge in [-0.05, 0) is 43.4 Å². The summed E-state index contributed by atoms with van der Waals surface area (Å²) in [6.07, 6.45) is 6.37. The zero-order valence-corrected chi connectivity index (χ0v) is 13.5. The quantitative estimate of drug-likeness (QED) is 0.727. The molecule has 0 amide bonds. The molecule has 4 rings (SSSR count). The Bertz CT molecular complexity index is 818. The van der Waals surface area contributed by atoms with Crippen molar-refractivity contribution in [3.05, 3.63) is 41.0 Å². The van der Waals surface area contributed by atoms with Crippen molar-refractivity contribution in [3.63, 3.8) is 0 Å². The Hall–Kier alpha value is -1.85. The average molecular weight is 334 g/mol. The summed E-state index contributed by atoms with van der Waals surface area (Å²) in [5.41, 5.74) is 2.25. The standard InChI is InChI=1S/C16H15N3OS.ClH/c20-11-5-3-4-10(8-11)19-15-14-12-6-1-2-7-13(12)21-16(14)18-9-17-15;/h3-5,8-9,20H,1-2,6-7H2,(H,17,18,19);1H. The zero-order chi connectivity index (χ0) is 14.2. The highest BCUT2D eigenvalue weighted by Gasteiger charge is 2.19. The molecule has 2 aromatic heterocycles. The molecule has 0 atom stereocenters. The van der Waals surface area contributed by atoms with Crippen LogP contribution in [0.5, 0.6) is 5.75 Å². The van der Waals surface area contributed by atoms with Crippen LogP contribution < -0.4 is 5.32 Å². The fourth-order valence-electron chi connectivity index (χ4n) is 2.91. The molecule has 0 fully saturated rings. The molecular weight excluding hydrogens is 318 g/mol. The van der Waals surface area contributed by atoms with E-state index in [1.165, 1.54) is 23.3 Å². The second-order valence-corrected chi connectivity index (χ2v) is 6.37. The molecule has 4 nitrogen and oxygen atoms in total. The molecule has 0 bridgehead atoms. The van der Waals surface area contributed by atoms with Crippen LogP contribution in [0.1, 0.15) is 23.3 Å². The first-order chi connectivity index (χ1) is 10.3. The third-order valence-electron chi connectivity index (χ3n) is 3.86. The highest BCUT2D eigenvalue weighted by Crippen LogP contribution is 2.38. The minimum Gasteiger partial charge on any atom is -0.508 e. The minimum absolute atomic E-state index is 0. The van der Waals surface area contributed by atoms with Gasteiger partial charge >= 0.3 is 0 Å². The topological polar surface area (TPSA) is 58.0 Å². The van der Waals surface area contributed by atoms with Gasteiger partial charge in [0.15, 0.2) is 0 Å². The lowest BCUT2D eigenvalue weighted by Crippen LogP contribution is -2.00. The Morgan fingerprint density at radius 1 is 1.14 bits per heavy atom. The van der Waals surface area contributed by atoms with E-state index >= 15 is 0 Å².